The predicted octanol–water partition coefficient (Wildman–Crippen LogP) is 3.50. The molecule has 0 bridgehead atoms. The summed E-state index contributed by atoms with van der Waals surface area (Å²) in [4.78, 5) is 11.4. The Bertz CT molecular complexity index is 441. The fourth-order valence-corrected chi connectivity index (χ4v) is 2.62. The van der Waals surface area contributed by atoms with Gasteiger partial charge < -0.3 is 4.74 Å². The van der Waals surface area contributed by atoms with E-state index in [1.807, 2.05) is 37.3 Å². The summed E-state index contributed by atoms with van der Waals surface area (Å²) in [7, 11) is 0. The van der Waals surface area contributed by atoms with E-state index in [0.29, 0.717) is 4.48 Å². The lowest BCUT2D eigenvalue weighted by Crippen LogP contribution is -2.23. The van der Waals surface area contributed by atoms with Crippen LogP contribution >= 0.6 is 38.5 Å². The highest BCUT2D eigenvalue weighted by Gasteiger charge is 2.43. The molecular weight excluding hydrogens is 371 g/mol. The van der Waals surface area contributed by atoms with Crippen LogP contribution in [0.25, 0.3) is 0 Å². The average molecular weight is 379 g/mol. The molecule has 1 unspecified atom stereocenters. The molecule has 1 atom stereocenters. The van der Waals surface area contributed by atoms with Crippen LogP contribution in [0.1, 0.15) is 12.5 Å². The van der Waals surface area contributed by atoms with Gasteiger partial charge in [-0.1, -0.05) is 30.3 Å². The van der Waals surface area contributed by atoms with Crippen molar-refractivity contribution in [2.75, 3.05) is 0 Å². The summed E-state index contributed by atoms with van der Waals surface area (Å²) in [6, 6.07) is 9.72. The number of cyclic esters (lactones) is 1. The summed E-state index contributed by atoms with van der Waals surface area (Å²) in [6.07, 6.45) is 0. The smallest absolute Gasteiger partial charge is 0.347 e. The maximum absolute atomic E-state index is 11.4. The van der Waals surface area contributed by atoms with Gasteiger partial charge in [0, 0.05) is 5.56 Å². The highest BCUT2D eigenvalue weighted by atomic mass is 127. The fourth-order valence-electron chi connectivity index (χ4n) is 1.52. The van der Waals surface area contributed by atoms with Crippen LogP contribution in [0.5, 0.6) is 0 Å². The fraction of sp³-hybridized carbons (Fsp3) is 0.182. The van der Waals surface area contributed by atoms with Crippen LogP contribution in [-0.2, 0) is 15.1 Å². The van der Waals surface area contributed by atoms with E-state index in [9.17, 15) is 4.79 Å². The van der Waals surface area contributed by atoms with Gasteiger partial charge in [-0.3, -0.25) is 0 Å². The molecule has 0 aliphatic carbocycles. The van der Waals surface area contributed by atoms with E-state index < -0.39 is 5.60 Å². The van der Waals surface area contributed by atoms with Crippen molar-refractivity contribution in [3.05, 3.63) is 44.0 Å². The third-order valence-corrected chi connectivity index (χ3v) is 5.44. The highest BCUT2D eigenvalue weighted by molar-refractivity contribution is 14.1. The van der Waals surface area contributed by atoms with Gasteiger partial charge in [0.2, 0.25) is 0 Å². The lowest BCUT2D eigenvalue weighted by Gasteiger charge is -2.24. The summed E-state index contributed by atoms with van der Waals surface area (Å²) in [6.45, 7) is 1.90. The van der Waals surface area contributed by atoms with Crippen LogP contribution in [0, 0.1) is 0 Å². The van der Waals surface area contributed by atoms with E-state index in [2.05, 4.69) is 38.5 Å². The molecule has 0 saturated carbocycles. The van der Waals surface area contributed by atoms with Gasteiger partial charge in [0.25, 0.3) is 0 Å². The second-order valence-electron chi connectivity index (χ2n) is 3.42. The molecule has 1 heterocycles. The number of benzene rings is 1. The van der Waals surface area contributed by atoms with Crippen molar-refractivity contribution >= 4 is 44.5 Å². The normalized spacial score (nSPS) is 25.7. The molecule has 1 aromatic carbocycles. The molecule has 2 rings (SSSR count). The highest BCUT2D eigenvalue weighted by Crippen LogP contribution is 2.46. The molecule has 1 aliphatic rings. The Morgan fingerprint density at radius 2 is 1.93 bits per heavy atom. The molecule has 78 valence electrons. The van der Waals surface area contributed by atoms with Crippen molar-refractivity contribution < 1.29 is 9.53 Å². The summed E-state index contributed by atoms with van der Waals surface area (Å²) in [5.74, 6) is -0.300. The minimum absolute atomic E-state index is 0.300. The maximum atomic E-state index is 11.4. The minimum atomic E-state index is -0.641. The van der Waals surface area contributed by atoms with Gasteiger partial charge in [0.15, 0.2) is 5.60 Å². The zero-order valence-electron chi connectivity index (χ0n) is 7.96. The number of hydrogen-bond donors (Lipinski definition) is 0. The molecule has 1 aromatic rings. The predicted molar refractivity (Wildman–Crippen MR) is 69.9 cm³/mol. The quantitative estimate of drug-likeness (QED) is 0.552. The summed E-state index contributed by atoms with van der Waals surface area (Å²) in [5, 5.41) is 0. The van der Waals surface area contributed by atoms with Gasteiger partial charge in [-0.15, -0.1) is 0 Å². The molecule has 0 aromatic heterocycles. The van der Waals surface area contributed by atoms with Gasteiger partial charge in [-0.05, 0) is 45.4 Å². The standard InChI is InChI=1S/C11H8BrIO2/c1-11(7-5-3-2-4-6-7)9(13)8(12)10(14)15-11/h2-6H,1H3. The Morgan fingerprint density at radius 1 is 1.33 bits per heavy atom. The lowest BCUT2D eigenvalue weighted by molar-refractivity contribution is -0.145. The molecule has 0 saturated heterocycles. The van der Waals surface area contributed by atoms with Crippen molar-refractivity contribution in [1.29, 1.82) is 0 Å². The average Bonchev–Trinajstić information content (AvgIpc) is 2.45. The first-order valence-electron chi connectivity index (χ1n) is 4.40. The minimum Gasteiger partial charge on any atom is -0.445 e. The SMILES string of the molecule is CC1(c2ccccc2)OC(=O)C(Br)=C1I. The number of esters is 1. The third kappa shape index (κ3) is 1.73. The van der Waals surface area contributed by atoms with E-state index in [1.165, 1.54) is 0 Å². The molecule has 0 amide bonds. The van der Waals surface area contributed by atoms with Crippen LogP contribution in [0.3, 0.4) is 0 Å². The Labute approximate surface area is 110 Å². The Kier molecular flexibility index (Phi) is 2.89. The number of carbonyl (C=O) groups is 1. The molecule has 0 N–H and O–H groups in total. The summed E-state index contributed by atoms with van der Waals surface area (Å²) in [5.41, 5.74) is 0.342. The number of ether oxygens (including phenoxy) is 1. The van der Waals surface area contributed by atoms with E-state index in [0.717, 1.165) is 9.14 Å². The second kappa shape index (κ2) is 3.90. The number of hydrogen-bond acceptors (Lipinski definition) is 2. The first-order valence-corrected chi connectivity index (χ1v) is 6.27. The van der Waals surface area contributed by atoms with Crippen molar-refractivity contribution in [3.8, 4) is 0 Å². The maximum Gasteiger partial charge on any atom is 0.347 e. The zero-order valence-corrected chi connectivity index (χ0v) is 11.7. The van der Waals surface area contributed by atoms with Gasteiger partial charge >= 0.3 is 5.97 Å². The van der Waals surface area contributed by atoms with Crippen LogP contribution in [0.2, 0.25) is 0 Å². The van der Waals surface area contributed by atoms with Crippen LogP contribution in [0.15, 0.2) is 38.4 Å². The van der Waals surface area contributed by atoms with Crippen molar-refractivity contribution in [3.63, 3.8) is 0 Å². The number of halogens is 2. The van der Waals surface area contributed by atoms with Crippen molar-refractivity contribution in [2.45, 2.75) is 12.5 Å². The van der Waals surface area contributed by atoms with Gasteiger partial charge in [-0.25, -0.2) is 4.79 Å². The Morgan fingerprint density at radius 3 is 2.40 bits per heavy atom. The van der Waals surface area contributed by atoms with E-state index >= 15 is 0 Å². The zero-order chi connectivity index (χ0) is 11.1. The van der Waals surface area contributed by atoms with Crippen LogP contribution < -0.4 is 0 Å². The molecule has 2 nitrogen and oxygen atoms in total. The first-order chi connectivity index (χ1) is 7.05. The first kappa shape index (κ1) is 11.1. The third-order valence-electron chi connectivity index (χ3n) is 2.41. The molecule has 0 fully saturated rings. The largest absolute Gasteiger partial charge is 0.445 e. The molecule has 0 radical (unpaired) electrons. The molecule has 0 spiro atoms. The Hall–Kier alpha value is -0.360. The lowest BCUT2D eigenvalue weighted by atomic mass is 9.96. The molecule has 15 heavy (non-hydrogen) atoms. The Balaban J connectivity index is 2.51. The van der Waals surface area contributed by atoms with E-state index in [-0.39, 0.29) is 5.97 Å². The summed E-state index contributed by atoms with van der Waals surface area (Å²) >= 11 is 5.38. The van der Waals surface area contributed by atoms with Gasteiger partial charge in [0.05, 0.1) is 3.58 Å². The summed E-state index contributed by atoms with van der Waals surface area (Å²) < 4.78 is 6.80. The molecule has 1 aliphatic heterocycles. The molecular formula is C11H8BrIO2. The van der Waals surface area contributed by atoms with Crippen LogP contribution in [0.4, 0.5) is 0 Å². The van der Waals surface area contributed by atoms with E-state index in [4.69, 9.17) is 4.74 Å². The van der Waals surface area contributed by atoms with Gasteiger partial charge in [0.1, 0.15) is 4.48 Å². The molecule has 4 heteroatoms. The van der Waals surface area contributed by atoms with E-state index in [1.54, 1.807) is 0 Å². The topological polar surface area (TPSA) is 26.3 Å². The van der Waals surface area contributed by atoms with Crippen molar-refractivity contribution in [1.82, 2.24) is 0 Å². The number of carbonyl (C=O) groups excluding carboxylic acids is 1. The van der Waals surface area contributed by atoms with Crippen molar-refractivity contribution in [2.24, 2.45) is 0 Å². The van der Waals surface area contributed by atoms with Gasteiger partial charge in [-0.2, -0.15) is 0 Å². The monoisotopic (exact) mass is 378 g/mol. The number of rotatable bonds is 1. The van der Waals surface area contributed by atoms with Crippen LogP contribution in [-0.4, -0.2) is 5.97 Å². The second-order valence-corrected chi connectivity index (χ2v) is 5.29.